The predicted molar refractivity (Wildman–Crippen MR) is 56.0 cm³/mol. The number of benzene rings is 1. The normalized spacial score (nSPS) is 10.6. The molecule has 1 aromatic carbocycles. The van der Waals surface area contributed by atoms with Crippen LogP contribution in [0.3, 0.4) is 0 Å². The third-order valence-corrected chi connectivity index (χ3v) is 1.87. The zero-order chi connectivity index (χ0) is 13.0. The lowest BCUT2D eigenvalue weighted by Gasteiger charge is -1.99. The number of hydrogen-bond acceptors (Lipinski definition) is 4. The molecule has 1 rings (SSSR count). The lowest BCUT2D eigenvalue weighted by atomic mass is 10.1. The van der Waals surface area contributed by atoms with Gasteiger partial charge in [0.1, 0.15) is 0 Å². The fraction of sp³-hybridized carbons (Fsp3) is 0.100. The summed E-state index contributed by atoms with van der Waals surface area (Å²) in [6.07, 6.45) is 2.16. The van der Waals surface area contributed by atoms with E-state index in [2.05, 4.69) is 0 Å². The minimum Gasteiger partial charge on any atom is -0.500 e. The number of carboxylic acid groups (broad SMARTS) is 1. The van der Waals surface area contributed by atoms with Crippen LogP contribution in [0.15, 0.2) is 18.2 Å². The van der Waals surface area contributed by atoms with Crippen LogP contribution in [0.4, 0.5) is 10.1 Å². The van der Waals surface area contributed by atoms with Crippen LogP contribution < -0.4 is 0 Å². The summed E-state index contributed by atoms with van der Waals surface area (Å²) in [5.74, 6) is -3.24. The van der Waals surface area contributed by atoms with Gasteiger partial charge in [0.2, 0.25) is 5.75 Å². The Hall–Kier alpha value is -2.44. The van der Waals surface area contributed by atoms with Crippen molar-refractivity contribution in [1.82, 2.24) is 0 Å². The number of nitro benzene ring substituents is 1. The zero-order valence-electron chi connectivity index (χ0n) is 8.46. The molecule has 0 aliphatic rings. The van der Waals surface area contributed by atoms with Gasteiger partial charge in [-0.05, 0) is 11.6 Å². The van der Waals surface area contributed by atoms with Crippen molar-refractivity contribution < 1.29 is 24.3 Å². The van der Waals surface area contributed by atoms with E-state index in [1.807, 2.05) is 0 Å². The number of halogens is 1. The van der Waals surface area contributed by atoms with E-state index in [0.29, 0.717) is 0 Å². The van der Waals surface area contributed by atoms with Crippen molar-refractivity contribution in [2.75, 3.05) is 0 Å². The van der Waals surface area contributed by atoms with E-state index >= 15 is 0 Å². The molecule has 0 radical (unpaired) electrons. The summed E-state index contributed by atoms with van der Waals surface area (Å²) in [7, 11) is 0. The number of hydrogen-bond donors (Lipinski definition) is 2. The molecular weight excluding hydrogens is 233 g/mol. The highest BCUT2D eigenvalue weighted by Crippen LogP contribution is 2.30. The SMILES string of the molecule is O=C(O)CC=Cc1cc(F)c(O)c([N+](=O)[O-])c1. The quantitative estimate of drug-likeness (QED) is 0.619. The van der Waals surface area contributed by atoms with Crippen LogP contribution in [0.25, 0.3) is 6.08 Å². The topological polar surface area (TPSA) is 101 Å². The highest BCUT2D eigenvalue weighted by Gasteiger charge is 2.18. The highest BCUT2D eigenvalue weighted by molar-refractivity contribution is 5.70. The Morgan fingerprint density at radius 3 is 2.71 bits per heavy atom. The van der Waals surface area contributed by atoms with Crippen molar-refractivity contribution in [1.29, 1.82) is 0 Å². The smallest absolute Gasteiger partial charge is 0.314 e. The molecule has 0 spiro atoms. The van der Waals surface area contributed by atoms with Gasteiger partial charge >= 0.3 is 11.7 Å². The molecule has 0 fully saturated rings. The van der Waals surface area contributed by atoms with Gasteiger partial charge in [-0.2, -0.15) is 0 Å². The molecule has 0 saturated heterocycles. The molecule has 7 heteroatoms. The summed E-state index contributed by atoms with van der Waals surface area (Å²) in [6.45, 7) is 0. The molecule has 0 bridgehead atoms. The minimum atomic E-state index is -1.13. The molecule has 0 saturated carbocycles. The van der Waals surface area contributed by atoms with E-state index in [9.17, 15) is 19.3 Å². The Bertz CT molecular complexity index is 498. The Morgan fingerprint density at radius 1 is 1.53 bits per heavy atom. The van der Waals surface area contributed by atoms with E-state index in [1.54, 1.807) is 0 Å². The molecule has 0 aromatic heterocycles. The van der Waals surface area contributed by atoms with Crippen LogP contribution in [0.1, 0.15) is 12.0 Å². The second-order valence-electron chi connectivity index (χ2n) is 3.13. The molecule has 0 aliphatic heterocycles. The van der Waals surface area contributed by atoms with Gasteiger partial charge in [0.25, 0.3) is 0 Å². The van der Waals surface area contributed by atoms with Crippen LogP contribution in [0, 0.1) is 15.9 Å². The fourth-order valence-electron chi connectivity index (χ4n) is 1.14. The second-order valence-corrected chi connectivity index (χ2v) is 3.13. The summed E-state index contributed by atoms with van der Waals surface area (Å²) in [5.41, 5.74) is -0.659. The third kappa shape index (κ3) is 3.26. The second kappa shape index (κ2) is 5.06. The number of aliphatic carboxylic acids is 1. The van der Waals surface area contributed by atoms with Gasteiger partial charge in [-0.25, -0.2) is 4.39 Å². The molecule has 0 heterocycles. The first-order valence-corrected chi connectivity index (χ1v) is 4.47. The number of rotatable bonds is 4. The van der Waals surface area contributed by atoms with Crippen molar-refractivity contribution >= 4 is 17.7 Å². The van der Waals surface area contributed by atoms with Gasteiger partial charge in [-0.15, -0.1) is 0 Å². The van der Waals surface area contributed by atoms with Gasteiger partial charge in [0, 0.05) is 6.07 Å². The molecule has 0 aliphatic carbocycles. The Labute approximate surface area is 94.8 Å². The maximum atomic E-state index is 13.1. The molecule has 2 N–H and O–H groups in total. The number of carbonyl (C=O) groups is 1. The van der Waals surface area contributed by atoms with Gasteiger partial charge in [0.15, 0.2) is 5.82 Å². The Kier molecular flexibility index (Phi) is 3.76. The molecule has 90 valence electrons. The molecule has 0 atom stereocenters. The molecular formula is C10H8FNO5. The van der Waals surface area contributed by atoms with Crippen LogP contribution in [0.5, 0.6) is 5.75 Å². The van der Waals surface area contributed by atoms with E-state index in [4.69, 9.17) is 10.2 Å². The number of phenolic OH excluding ortho intramolecular Hbond substituents is 1. The van der Waals surface area contributed by atoms with Crippen LogP contribution in [-0.4, -0.2) is 21.1 Å². The molecule has 1 aromatic rings. The maximum absolute atomic E-state index is 13.1. The molecule has 0 amide bonds. The fourth-order valence-corrected chi connectivity index (χ4v) is 1.14. The first kappa shape index (κ1) is 12.6. The number of aromatic hydroxyl groups is 1. The van der Waals surface area contributed by atoms with E-state index in [1.165, 1.54) is 12.2 Å². The van der Waals surface area contributed by atoms with Gasteiger partial charge < -0.3 is 10.2 Å². The van der Waals surface area contributed by atoms with E-state index < -0.39 is 28.1 Å². The Morgan fingerprint density at radius 2 is 2.18 bits per heavy atom. The summed E-state index contributed by atoms with van der Waals surface area (Å²) in [4.78, 5) is 19.8. The van der Waals surface area contributed by atoms with Crippen LogP contribution >= 0.6 is 0 Å². The van der Waals surface area contributed by atoms with Crippen molar-refractivity contribution in [2.24, 2.45) is 0 Å². The summed E-state index contributed by atoms with van der Waals surface area (Å²) in [5, 5.41) is 27.9. The summed E-state index contributed by atoms with van der Waals surface area (Å²) >= 11 is 0. The average molecular weight is 241 g/mol. The number of nitrogens with zero attached hydrogens (tertiary/aromatic N) is 1. The average Bonchev–Trinajstić information content (AvgIpc) is 2.22. The van der Waals surface area contributed by atoms with Gasteiger partial charge in [-0.1, -0.05) is 12.2 Å². The van der Waals surface area contributed by atoms with Crippen molar-refractivity contribution in [2.45, 2.75) is 6.42 Å². The molecule has 6 nitrogen and oxygen atoms in total. The van der Waals surface area contributed by atoms with E-state index in [-0.39, 0.29) is 12.0 Å². The first-order valence-electron chi connectivity index (χ1n) is 4.47. The Balaban J connectivity index is 3.06. The predicted octanol–water partition coefficient (Wildman–Crippen LogP) is 1.93. The van der Waals surface area contributed by atoms with Crippen LogP contribution in [0.2, 0.25) is 0 Å². The highest BCUT2D eigenvalue weighted by atomic mass is 19.1. The van der Waals surface area contributed by atoms with E-state index in [0.717, 1.165) is 12.1 Å². The van der Waals surface area contributed by atoms with Crippen molar-refractivity contribution in [3.63, 3.8) is 0 Å². The number of nitro groups is 1. The summed E-state index contributed by atoms with van der Waals surface area (Å²) < 4.78 is 13.1. The monoisotopic (exact) mass is 241 g/mol. The molecule has 0 unspecified atom stereocenters. The standard InChI is InChI=1S/C10H8FNO5/c11-7-4-6(2-1-3-9(13)14)5-8(10(7)15)12(16)17/h1-2,4-5,15H,3H2,(H,13,14). The van der Waals surface area contributed by atoms with Crippen LogP contribution in [-0.2, 0) is 4.79 Å². The minimum absolute atomic E-state index is 0.105. The molecule has 17 heavy (non-hydrogen) atoms. The third-order valence-electron chi connectivity index (χ3n) is 1.87. The zero-order valence-corrected chi connectivity index (χ0v) is 8.46. The van der Waals surface area contributed by atoms with Gasteiger partial charge in [0.05, 0.1) is 11.3 Å². The maximum Gasteiger partial charge on any atom is 0.314 e. The van der Waals surface area contributed by atoms with Gasteiger partial charge in [-0.3, -0.25) is 14.9 Å². The first-order chi connectivity index (χ1) is 7.91. The van der Waals surface area contributed by atoms with Crippen molar-refractivity contribution in [3.05, 3.63) is 39.7 Å². The number of carboxylic acids is 1. The largest absolute Gasteiger partial charge is 0.500 e. The lowest BCUT2D eigenvalue weighted by Crippen LogP contribution is -1.92. The number of phenols is 1. The summed E-state index contributed by atoms with van der Waals surface area (Å²) in [6, 6.07) is 1.83. The van der Waals surface area contributed by atoms with Crippen molar-refractivity contribution in [3.8, 4) is 5.75 Å². The lowest BCUT2D eigenvalue weighted by molar-refractivity contribution is -0.386.